The van der Waals surface area contributed by atoms with Gasteiger partial charge in [0.2, 0.25) is 11.8 Å². The zero-order valence-corrected chi connectivity index (χ0v) is 21.6. The van der Waals surface area contributed by atoms with Gasteiger partial charge in [-0.15, -0.1) is 11.8 Å². The van der Waals surface area contributed by atoms with Crippen molar-refractivity contribution >= 4 is 46.7 Å². The molecule has 8 heteroatoms. The molecule has 38 heavy (non-hydrogen) atoms. The van der Waals surface area contributed by atoms with Gasteiger partial charge >= 0.3 is 5.97 Å². The predicted octanol–water partition coefficient (Wildman–Crippen LogP) is 5.97. The first-order valence-electron chi connectivity index (χ1n) is 12.2. The number of hydrogen-bond donors (Lipinski definition) is 3. The number of carbonyl (C=O) groups is 4. The third-order valence-corrected chi connectivity index (χ3v) is 7.63. The van der Waals surface area contributed by atoms with E-state index in [2.05, 4.69) is 10.6 Å². The smallest absolute Gasteiger partial charge is 0.307 e. The van der Waals surface area contributed by atoms with Crippen LogP contribution in [0.15, 0.2) is 95.9 Å². The van der Waals surface area contributed by atoms with Gasteiger partial charge in [-0.3, -0.25) is 19.2 Å². The van der Waals surface area contributed by atoms with Gasteiger partial charge in [0.25, 0.3) is 0 Å². The van der Waals surface area contributed by atoms with Crippen molar-refractivity contribution in [1.82, 2.24) is 0 Å². The van der Waals surface area contributed by atoms with Crippen molar-refractivity contribution < 1.29 is 24.3 Å². The molecule has 3 aromatic rings. The van der Waals surface area contributed by atoms with Crippen LogP contribution in [0.1, 0.15) is 40.9 Å². The number of nitrogens with one attached hydrogen (secondary N) is 2. The Labute approximate surface area is 225 Å². The van der Waals surface area contributed by atoms with Crippen molar-refractivity contribution in [2.75, 3.05) is 10.6 Å². The molecule has 0 radical (unpaired) electrons. The highest BCUT2D eigenvalue weighted by Crippen LogP contribution is 2.37. The molecule has 2 amide bonds. The molecule has 0 bridgehead atoms. The molecule has 0 fully saturated rings. The van der Waals surface area contributed by atoms with Gasteiger partial charge in [-0.05, 0) is 73.9 Å². The van der Waals surface area contributed by atoms with E-state index in [1.807, 2.05) is 48.5 Å². The van der Waals surface area contributed by atoms with Crippen LogP contribution in [-0.4, -0.2) is 28.7 Å². The molecule has 7 nitrogen and oxygen atoms in total. The largest absolute Gasteiger partial charge is 0.481 e. The van der Waals surface area contributed by atoms with Gasteiger partial charge < -0.3 is 15.7 Å². The van der Waals surface area contributed by atoms with Crippen LogP contribution in [0.2, 0.25) is 0 Å². The lowest BCUT2D eigenvalue weighted by Gasteiger charge is -2.24. The zero-order chi connectivity index (χ0) is 27.1. The van der Waals surface area contributed by atoms with E-state index in [9.17, 15) is 24.3 Å². The van der Waals surface area contributed by atoms with E-state index in [0.29, 0.717) is 29.8 Å². The zero-order valence-electron chi connectivity index (χ0n) is 20.8. The van der Waals surface area contributed by atoms with E-state index >= 15 is 0 Å². The Bertz CT molecular complexity index is 1340. The summed E-state index contributed by atoms with van der Waals surface area (Å²) in [5, 5.41) is 14.7. The Morgan fingerprint density at radius 3 is 1.97 bits per heavy atom. The number of anilines is 2. The summed E-state index contributed by atoms with van der Waals surface area (Å²) in [5.41, 5.74) is 2.56. The third kappa shape index (κ3) is 6.77. The van der Waals surface area contributed by atoms with Crippen LogP contribution in [0, 0.1) is 11.8 Å². The summed E-state index contributed by atoms with van der Waals surface area (Å²) in [6.45, 7) is 1.49. The lowest BCUT2D eigenvalue weighted by Crippen LogP contribution is -2.34. The van der Waals surface area contributed by atoms with Gasteiger partial charge in [-0.25, -0.2) is 0 Å². The number of benzene rings is 3. The number of thioether (sulfide) groups is 1. The number of rotatable bonds is 9. The standard InChI is InChI=1S/C30H28N2O5S/c1-19(33)20-11-13-22(14-12-20)32-29(35)27(21-7-3-2-4-8-21)38-24-17-15-23(16-18-24)31-28(34)25-9-5-6-10-26(25)30(36)37/h2-8,11-18,25-27H,9-10H2,1H3,(H,31,34)(H,32,35)(H,36,37)/t25-,26-,27-/m0/s1. The summed E-state index contributed by atoms with van der Waals surface area (Å²) < 4.78 is 0. The molecule has 3 atom stereocenters. The van der Waals surface area contributed by atoms with E-state index in [1.165, 1.54) is 18.7 Å². The van der Waals surface area contributed by atoms with Crippen molar-refractivity contribution in [2.24, 2.45) is 11.8 Å². The van der Waals surface area contributed by atoms with E-state index in [0.717, 1.165) is 10.5 Å². The summed E-state index contributed by atoms with van der Waals surface area (Å²) in [6, 6.07) is 23.3. The molecule has 0 saturated carbocycles. The quantitative estimate of drug-likeness (QED) is 0.179. The van der Waals surface area contributed by atoms with Gasteiger partial charge in [-0.1, -0.05) is 42.5 Å². The van der Waals surface area contributed by atoms with Crippen LogP contribution in [0.5, 0.6) is 0 Å². The Hall–Kier alpha value is -4.17. The maximum Gasteiger partial charge on any atom is 0.307 e. The first-order chi connectivity index (χ1) is 18.3. The van der Waals surface area contributed by atoms with Crippen LogP contribution >= 0.6 is 11.8 Å². The van der Waals surface area contributed by atoms with Crippen LogP contribution in [0.25, 0.3) is 0 Å². The van der Waals surface area contributed by atoms with Gasteiger partial charge in [0.05, 0.1) is 11.8 Å². The Kier molecular flexibility index (Phi) is 8.76. The molecule has 4 rings (SSSR count). The number of carboxylic acid groups (broad SMARTS) is 1. The number of hydrogen-bond acceptors (Lipinski definition) is 5. The van der Waals surface area contributed by atoms with Crippen LogP contribution in [-0.2, 0) is 14.4 Å². The summed E-state index contributed by atoms with van der Waals surface area (Å²) in [4.78, 5) is 50.0. The van der Waals surface area contributed by atoms with Crippen molar-refractivity contribution in [2.45, 2.75) is 29.9 Å². The number of carboxylic acids is 1. The minimum Gasteiger partial charge on any atom is -0.481 e. The molecule has 0 heterocycles. The maximum atomic E-state index is 13.3. The number of carbonyl (C=O) groups excluding carboxylic acids is 3. The molecule has 1 aliphatic carbocycles. The lowest BCUT2D eigenvalue weighted by molar-refractivity contribution is -0.146. The number of ketones is 1. The molecule has 0 spiro atoms. The van der Waals surface area contributed by atoms with Crippen LogP contribution in [0.3, 0.4) is 0 Å². The summed E-state index contributed by atoms with van der Waals surface area (Å²) in [6.07, 6.45) is 4.37. The van der Waals surface area contributed by atoms with E-state index in [4.69, 9.17) is 0 Å². The van der Waals surface area contributed by atoms with Gasteiger partial charge in [0.1, 0.15) is 5.25 Å². The van der Waals surface area contributed by atoms with E-state index < -0.39 is 23.1 Å². The molecular weight excluding hydrogens is 500 g/mol. The molecule has 0 aliphatic heterocycles. The molecule has 194 valence electrons. The summed E-state index contributed by atoms with van der Waals surface area (Å²) in [5.74, 6) is -2.90. The molecule has 1 aliphatic rings. The fraction of sp³-hybridized carbons (Fsp3) is 0.200. The van der Waals surface area contributed by atoms with Crippen LogP contribution in [0.4, 0.5) is 11.4 Å². The average Bonchev–Trinajstić information content (AvgIpc) is 2.93. The highest BCUT2D eigenvalue weighted by atomic mass is 32.2. The maximum absolute atomic E-state index is 13.3. The minimum atomic E-state index is -0.971. The number of amides is 2. The Morgan fingerprint density at radius 2 is 1.37 bits per heavy atom. The molecule has 0 saturated heterocycles. The number of allylic oxidation sites excluding steroid dienone is 2. The monoisotopic (exact) mass is 528 g/mol. The SMILES string of the molecule is CC(=O)c1ccc(NC(=O)[C@@H](Sc2ccc(NC(=O)[C@H]3CC=CC[C@@H]3C(=O)O)cc2)c2ccccc2)cc1. The van der Waals surface area contributed by atoms with Crippen molar-refractivity contribution in [3.05, 3.63) is 102 Å². The minimum absolute atomic E-state index is 0.0440. The highest BCUT2D eigenvalue weighted by Gasteiger charge is 2.34. The summed E-state index contributed by atoms with van der Waals surface area (Å²) in [7, 11) is 0. The topological polar surface area (TPSA) is 113 Å². The second-order valence-electron chi connectivity index (χ2n) is 9.04. The van der Waals surface area contributed by atoms with Crippen molar-refractivity contribution in [3.8, 4) is 0 Å². The molecule has 3 N–H and O–H groups in total. The Balaban J connectivity index is 1.46. The lowest BCUT2D eigenvalue weighted by atomic mass is 9.82. The van der Waals surface area contributed by atoms with Gasteiger partial charge in [0.15, 0.2) is 5.78 Å². The summed E-state index contributed by atoms with van der Waals surface area (Å²) >= 11 is 1.37. The fourth-order valence-corrected chi connectivity index (χ4v) is 5.29. The average molecular weight is 529 g/mol. The number of aliphatic carboxylic acids is 1. The molecular formula is C30H28N2O5S. The Morgan fingerprint density at radius 1 is 0.789 bits per heavy atom. The van der Waals surface area contributed by atoms with Crippen LogP contribution < -0.4 is 10.6 Å². The fourth-order valence-electron chi connectivity index (χ4n) is 4.26. The first kappa shape index (κ1) is 26.9. The third-order valence-electron chi connectivity index (χ3n) is 6.36. The highest BCUT2D eigenvalue weighted by molar-refractivity contribution is 8.00. The predicted molar refractivity (Wildman–Crippen MR) is 148 cm³/mol. The second kappa shape index (κ2) is 12.4. The normalized spacial score (nSPS) is 17.3. The van der Waals surface area contributed by atoms with Gasteiger partial charge in [-0.2, -0.15) is 0 Å². The molecule has 0 aromatic heterocycles. The van der Waals surface area contributed by atoms with Crippen molar-refractivity contribution in [3.63, 3.8) is 0 Å². The van der Waals surface area contributed by atoms with Crippen molar-refractivity contribution in [1.29, 1.82) is 0 Å². The molecule has 3 aromatic carbocycles. The van der Waals surface area contributed by atoms with E-state index in [1.54, 1.807) is 42.5 Å². The number of Topliss-reactive ketones (excluding diaryl/α,β-unsaturated/α-hetero) is 1. The molecule has 0 unspecified atom stereocenters. The second-order valence-corrected chi connectivity index (χ2v) is 10.2. The van der Waals surface area contributed by atoms with Gasteiger partial charge in [0, 0.05) is 21.8 Å². The van der Waals surface area contributed by atoms with E-state index in [-0.39, 0.29) is 17.6 Å². The first-order valence-corrected chi connectivity index (χ1v) is 13.1.